The summed E-state index contributed by atoms with van der Waals surface area (Å²) >= 11 is 6.23. The van der Waals surface area contributed by atoms with Gasteiger partial charge in [0.05, 0.1) is 5.02 Å². The van der Waals surface area contributed by atoms with E-state index in [-0.39, 0.29) is 12.5 Å². The molecule has 0 aliphatic heterocycles. The number of halogens is 1. The molecule has 0 unspecified atom stereocenters. The lowest BCUT2D eigenvalue weighted by Gasteiger charge is -2.15. The zero-order valence-electron chi connectivity index (χ0n) is 12.2. The topological polar surface area (TPSA) is 29.5 Å². The van der Waals surface area contributed by atoms with Gasteiger partial charge in [0.25, 0.3) is 5.91 Å². The summed E-state index contributed by atoms with van der Waals surface area (Å²) in [7, 11) is 1.74. The van der Waals surface area contributed by atoms with Crippen molar-refractivity contribution in [2.45, 2.75) is 6.92 Å². The van der Waals surface area contributed by atoms with Crippen molar-refractivity contribution in [2.75, 3.05) is 20.2 Å². The highest BCUT2D eigenvalue weighted by molar-refractivity contribution is 6.32. The van der Waals surface area contributed by atoms with Crippen LogP contribution in [-0.2, 0) is 4.79 Å². The molecule has 0 N–H and O–H groups in total. The Kier molecular flexibility index (Phi) is 5.23. The summed E-state index contributed by atoms with van der Waals surface area (Å²) < 4.78 is 5.49. The quantitative estimate of drug-likeness (QED) is 0.839. The number of hydrogen-bond acceptors (Lipinski definition) is 2. The highest BCUT2D eigenvalue weighted by Gasteiger charge is 2.10. The van der Waals surface area contributed by atoms with Crippen LogP contribution in [0.4, 0.5) is 0 Å². The molecule has 21 heavy (non-hydrogen) atoms. The first-order valence-corrected chi connectivity index (χ1v) is 7.21. The van der Waals surface area contributed by atoms with Gasteiger partial charge < -0.3 is 9.64 Å². The van der Waals surface area contributed by atoms with Crippen LogP contribution in [0.2, 0.25) is 5.02 Å². The van der Waals surface area contributed by atoms with Gasteiger partial charge in [0, 0.05) is 13.6 Å². The Morgan fingerprint density at radius 2 is 1.86 bits per heavy atom. The Balaban J connectivity index is 2.08. The van der Waals surface area contributed by atoms with Crippen molar-refractivity contribution in [3.8, 4) is 16.9 Å². The number of amides is 1. The van der Waals surface area contributed by atoms with Gasteiger partial charge in [-0.1, -0.05) is 48.0 Å². The maximum atomic E-state index is 11.7. The van der Waals surface area contributed by atoms with E-state index in [0.717, 1.165) is 11.1 Å². The van der Waals surface area contributed by atoms with Gasteiger partial charge in [0.2, 0.25) is 0 Å². The first kappa shape index (κ1) is 15.4. The fourth-order valence-electron chi connectivity index (χ4n) is 1.85. The van der Waals surface area contributed by atoms with Crippen molar-refractivity contribution in [2.24, 2.45) is 0 Å². The molecule has 0 bridgehead atoms. The number of carbonyl (C=O) groups excluding carboxylic acids is 1. The second-order valence-electron chi connectivity index (χ2n) is 4.71. The fourth-order valence-corrected chi connectivity index (χ4v) is 2.09. The highest BCUT2D eigenvalue weighted by atomic mass is 35.5. The fraction of sp³-hybridized carbons (Fsp3) is 0.235. The molecule has 0 atom stereocenters. The molecule has 3 nitrogen and oxygen atoms in total. The molecule has 0 heterocycles. The summed E-state index contributed by atoms with van der Waals surface area (Å²) in [5.41, 5.74) is 2.11. The average molecular weight is 304 g/mol. The van der Waals surface area contributed by atoms with Gasteiger partial charge in [0.1, 0.15) is 5.75 Å². The zero-order chi connectivity index (χ0) is 15.2. The third kappa shape index (κ3) is 3.99. The third-order valence-corrected chi connectivity index (χ3v) is 3.59. The standard InChI is InChI=1S/C17H18ClNO2/c1-3-19(2)17(20)12-21-16-10-9-14(11-15(16)18)13-7-5-4-6-8-13/h4-11H,3,12H2,1-2H3. The minimum Gasteiger partial charge on any atom is -0.482 e. The van der Waals surface area contributed by atoms with E-state index in [9.17, 15) is 4.79 Å². The number of benzene rings is 2. The van der Waals surface area contributed by atoms with Gasteiger partial charge in [-0.25, -0.2) is 0 Å². The molecule has 2 aromatic carbocycles. The summed E-state index contributed by atoms with van der Waals surface area (Å²) in [6.07, 6.45) is 0. The molecule has 0 radical (unpaired) electrons. The van der Waals surface area contributed by atoms with Crippen LogP contribution < -0.4 is 4.74 Å². The lowest BCUT2D eigenvalue weighted by molar-refractivity contribution is -0.131. The van der Waals surface area contributed by atoms with Crippen LogP contribution in [0.3, 0.4) is 0 Å². The van der Waals surface area contributed by atoms with Gasteiger partial charge in [-0.3, -0.25) is 4.79 Å². The lowest BCUT2D eigenvalue weighted by Crippen LogP contribution is -2.31. The monoisotopic (exact) mass is 303 g/mol. The molecule has 110 valence electrons. The Hall–Kier alpha value is -2.00. The average Bonchev–Trinajstić information content (AvgIpc) is 2.53. The molecule has 0 spiro atoms. The van der Waals surface area contributed by atoms with E-state index in [2.05, 4.69) is 0 Å². The van der Waals surface area contributed by atoms with Crippen LogP contribution in [0.25, 0.3) is 11.1 Å². The van der Waals surface area contributed by atoms with Crippen molar-refractivity contribution in [3.63, 3.8) is 0 Å². The maximum absolute atomic E-state index is 11.7. The summed E-state index contributed by atoms with van der Waals surface area (Å²) in [4.78, 5) is 13.3. The SMILES string of the molecule is CCN(C)C(=O)COc1ccc(-c2ccccc2)cc1Cl. The minimum atomic E-state index is -0.0688. The highest BCUT2D eigenvalue weighted by Crippen LogP contribution is 2.30. The molecular weight excluding hydrogens is 286 g/mol. The number of rotatable bonds is 5. The van der Waals surface area contributed by atoms with Crippen LogP contribution in [0.1, 0.15) is 6.92 Å². The van der Waals surface area contributed by atoms with Gasteiger partial charge in [-0.05, 0) is 30.2 Å². The molecule has 0 aromatic heterocycles. The molecule has 2 rings (SSSR count). The predicted molar refractivity (Wildman–Crippen MR) is 85.7 cm³/mol. The maximum Gasteiger partial charge on any atom is 0.260 e. The first-order chi connectivity index (χ1) is 10.1. The van der Waals surface area contributed by atoms with Crippen LogP contribution in [-0.4, -0.2) is 31.0 Å². The zero-order valence-corrected chi connectivity index (χ0v) is 12.9. The van der Waals surface area contributed by atoms with Crippen LogP contribution in [0.15, 0.2) is 48.5 Å². The van der Waals surface area contributed by atoms with Gasteiger partial charge >= 0.3 is 0 Å². The minimum absolute atomic E-state index is 0.00521. The second kappa shape index (κ2) is 7.14. The molecule has 0 saturated heterocycles. The second-order valence-corrected chi connectivity index (χ2v) is 5.12. The van der Waals surface area contributed by atoms with E-state index in [0.29, 0.717) is 17.3 Å². The van der Waals surface area contributed by atoms with Crippen molar-refractivity contribution in [3.05, 3.63) is 53.6 Å². The predicted octanol–water partition coefficient (Wildman–Crippen LogP) is 3.86. The Morgan fingerprint density at radius 3 is 2.48 bits per heavy atom. The summed E-state index contributed by atoms with van der Waals surface area (Å²) in [6.45, 7) is 2.57. The van der Waals surface area contributed by atoms with Crippen molar-refractivity contribution < 1.29 is 9.53 Å². The largest absolute Gasteiger partial charge is 0.482 e. The molecular formula is C17H18ClNO2. The Morgan fingerprint density at radius 1 is 1.14 bits per heavy atom. The number of hydrogen-bond donors (Lipinski definition) is 0. The van der Waals surface area contributed by atoms with E-state index in [1.165, 1.54) is 0 Å². The normalized spacial score (nSPS) is 10.2. The molecule has 1 amide bonds. The molecule has 0 saturated carbocycles. The van der Waals surface area contributed by atoms with E-state index in [4.69, 9.17) is 16.3 Å². The van der Waals surface area contributed by atoms with E-state index in [1.807, 2.05) is 49.4 Å². The number of carbonyl (C=O) groups is 1. The number of ether oxygens (including phenoxy) is 1. The van der Waals surface area contributed by atoms with E-state index < -0.39 is 0 Å². The van der Waals surface area contributed by atoms with Crippen molar-refractivity contribution in [1.82, 2.24) is 4.90 Å². The summed E-state index contributed by atoms with van der Waals surface area (Å²) in [5, 5.41) is 0.503. The van der Waals surface area contributed by atoms with Crippen LogP contribution in [0, 0.1) is 0 Å². The lowest BCUT2D eigenvalue weighted by atomic mass is 10.1. The molecule has 4 heteroatoms. The summed E-state index contributed by atoms with van der Waals surface area (Å²) in [6, 6.07) is 15.5. The van der Waals surface area contributed by atoms with Gasteiger partial charge in [0.15, 0.2) is 6.61 Å². The van der Waals surface area contributed by atoms with Crippen molar-refractivity contribution >= 4 is 17.5 Å². The number of nitrogens with zero attached hydrogens (tertiary/aromatic N) is 1. The molecule has 0 aliphatic carbocycles. The third-order valence-electron chi connectivity index (χ3n) is 3.29. The Bertz CT molecular complexity index is 613. The molecule has 0 fully saturated rings. The molecule has 0 aliphatic rings. The van der Waals surface area contributed by atoms with E-state index >= 15 is 0 Å². The smallest absolute Gasteiger partial charge is 0.260 e. The Labute approximate surface area is 130 Å². The van der Waals surface area contributed by atoms with Gasteiger partial charge in [-0.15, -0.1) is 0 Å². The van der Waals surface area contributed by atoms with E-state index in [1.54, 1.807) is 18.0 Å². The van der Waals surface area contributed by atoms with Crippen LogP contribution in [0.5, 0.6) is 5.75 Å². The van der Waals surface area contributed by atoms with Crippen molar-refractivity contribution in [1.29, 1.82) is 0 Å². The van der Waals surface area contributed by atoms with Gasteiger partial charge in [-0.2, -0.15) is 0 Å². The number of likely N-dealkylation sites (N-methyl/N-ethyl adjacent to an activating group) is 1. The summed E-state index contributed by atoms with van der Waals surface area (Å²) in [5.74, 6) is 0.454. The molecule has 2 aromatic rings. The first-order valence-electron chi connectivity index (χ1n) is 6.83. The van der Waals surface area contributed by atoms with Crippen LogP contribution >= 0.6 is 11.6 Å².